The highest BCUT2D eigenvalue weighted by Gasteiger charge is 2.12. The zero-order chi connectivity index (χ0) is 17.4. The van der Waals surface area contributed by atoms with Crippen LogP contribution in [-0.4, -0.2) is 32.6 Å². The molecule has 1 aromatic carbocycles. The van der Waals surface area contributed by atoms with E-state index in [9.17, 15) is 13.2 Å². The monoisotopic (exact) mass is 349 g/mol. The summed E-state index contributed by atoms with van der Waals surface area (Å²) < 4.78 is 30.5. The molecule has 24 heavy (non-hydrogen) atoms. The smallest absolute Gasteiger partial charge is 0.244 e. The predicted octanol–water partition coefficient (Wildman–Crippen LogP) is 1.23. The van der Waals surface area contributed by atoms with Gasteiger partial charge in [-0.25, -0.2) is 13.1 Å². The fourth-order valence-corrected chi connectivity index (χ4v) is 3.01. The number of carbonyl (C=O) groups is 1. The topological polar surface area (TPSA) is 101 Å². The molecule has 0 unspecified atom stereocenters. The highest BCUT2D eigenvalue weighted by molar-refractivity contribution is 7.88. The molecule has 0 aliphatic carbocycles. The normalized spacial score (nSPS) is 11.7. The third-order valence-electron chi connectivity index (χ3n) is 3.04. The first-order valence-corrected chi connectivity index (χ1v) is 8.99. The molecule has 1 heterocycles. The van der Waals surface area contributed by atoms with Crippen LogP contribution < -0.4 is 10.0 Å². The van der Waals surface area contributed by atoms with E-state index in [1.54, 1.807) is 6.08 Å². The molecule has 0 spiro atoms. The van der Waals surface area contributed by atoms with Gasteiger partial charge in [0.15, 0.2) is 0 Å². The molecule has 8 heteroatoms. The molecule has 2 N–H and O–H groups in total. The Hall–Kier alpha value is -2.45. The van der Waals surface area contributed by atoms with Crippen LogP contribution in [0.5, 0.6) is 0 Å². The van der Waals surface area contributed by atoms with E-state index < -0.39 is 10.0 Å². The van der Waals surface area contributed by atoms with Crippen LogP contribution in [0.4, 0.5) is 0 Å². The number of benzene rings is 1. The van der Waals surface area contributed by atoms with Gasteiger partial charge in [-0.2, -0.15) is 0 Å². The Morgan fingerprint density at radius 3 is 2.83 bits per heavy atom. The molecule has 7 nitrogen and oxygen atoms in total. The fourth-order valence-electron chi connectivity index (χ4n) is 1.95. The highest BCUT2D eigenvalue weighted by atomic mass is 32.2. The second-order valence-corrected chi connectivity index (χ2v) is 6.99. The number of amides is 1. The maximum atomic E-state index is 11.8. The number of nitrogens with zero attached hydrogens (tertiary/aromatic N) is 1. The Balaban J connectivity index is 1.71. The van der Waals surface area contributed by atoms with Gasteiger partial charge in [-0.15, -0.1) is 0 Å². The Morgan fingerprint density at radius 2 is 2.12 bits per heavy atom. The van der Waals surface area contributed by atoms with Crippen molar-refractivity contribution >= 4 is 22.0 Å². The van der Waals surface area contributed by atoms with Crippen molar-refractivity contribution in [1.29, 1.82) is 0 Å². The first-order chi connectivity index (χ1) is 11.4. The second kappa shape index (κ2) is 8.42. The van der Waals surface area contributed by atoms with E-state index in [4.69, 9.17) is 0 Å². The zero-order valence-electron chi connectivity index (χ0n) is 13.2. The van der Waals surface area contributed by atoms with Crippen LogP contribution in [-0.2, 0) is 20.6 Å². The molecule has 0 aliphatic rings. The van der Waals surface area contributed by atoms with Gasteiger partial charge in [0.1, 0.15) is 12.0 Å². The average Bonchev–Trinajstić information content (AvgIpc) is 3.02. The lowest BCUT2D eigenvalue weighted by Gasteiger charge is -2.05. The number of hydrogen-bond donors (Lipinski definition) is 2. The van der Waals surface area contributed by atoms with E-state index >= 15 is 0 Å². The van der Waals surface area contributed by atoms with Crippen LogP contribution >= 0.6 is 0 Å². The zero-order valence-corrected chi connectivity index (χ0v) is 14.0. The number of carbonyl (C=O) groups excluding carboxylic acids is 1. The van der Waals surface area contributed by atoms with Gasteiger partial charge in [0.05, 0.1) is 5.69 Å². The van der Waals surface area contributed by atoms with Crippen LogP contribution in [0.25, 0.3) is 6.08 Å². The largest absolute Gasteiger partial charge is 0.364 e. The van der Waals surface area contributed by atoms with Crippen LogP contribution in [0.3, 0.4) is 0 Å². The van der Waals surface area contributed by atoms with Crippen molar-refractivity contribution in [3.63, 3.8) is 0 Å². The minimum atomic E-state index is -3.50. The van der Waals surface area contributed by atoms with Gasteiger partial charge in [-0.3, -0.25) is 4.79 Å². The van der Waals surface area contributed by atoms with Gasteiger partial charge in [0.2, 0.25) is 15.9 Å². The number of rotatable bonds is 8. The Kier molecular flexibility index (Phi) is 6.28. The summed E-state index contributed by atoms with van der Waals surface area (Å²) in [5.74, 6) is -0.544. The highest BCUT2D eigenvalue weighted by Crippen LogP contribution is 2.05. The summed E-state index contributed by atoms with van der Waals surface area (Å²) in [5, 5.41) is 6.16. The number of nitrogens with one attached hydrogen (secondary N) is 2. The lowest BCUT2D eigenvalue weighted by Crippen LogP contribution is -2.34. The minimum absolute atomic E-state index is 0.101. The van der Waals surface area contributed by atoms with E-state index in [1.807, 2.05) is 31.2 Å². The van der Waals surface area contributed by atoms with Crippen LogP contribution in [0.2, 0.25) is 0 Å². The van der Waals surface area contributed by atoms with Crippen molar-refractivity contribution in [3.05, 3.63) is 59.5 Å². The van der Waals surface area contributed by atoms with Gasteiger partial charge in [0.25, 0.3) is 0 Å². The van der Waals surface area contributed by atoms with Gasteiger partial charge < -0.3 is 9.84 Å². The summed E-state index contributed by atoms with van der Waals surface area (Å²) in [7, 11) is -3.50. The predicted molar refractivity (Wildman–Crippen MR) is 90.4 cm³/mol. The molecular formula is C16H19N3O4S. The van der Waals surface area contributed by atoms with Crippen molar-refractivity contribution < 1.29 is 17.7 Å². The molecular weight excluding hydrogens is 330 g/mol. The van der Waals surface area contributed by atoms with Crippen molar-refractivity contribution in [2.75, 3.05) is 13.1 Å². The molecule has 2 rings (SSSR count). The van der Waals surface area contributed by atoms with E-state index in [-0.39, 0.29) is 24.7 Å². The Bertz CT molecular complexity index is 798. The van der Waals surface area contributed by atoms with E-state index in [2.05, 4.69) is 19.7 Å². The Morgan fingerprint density at radius 1 is 1.29 bits per heavy atom. The van der Waals surface area contributed by atoms with Crippen LogP contribution in [0.1, 0.15) is 16.8 Å². The molecule has 0 bridgehead atoms. The van der Waals surface area contributed by atoms with Gasteiger partial charge in [-0.05, 0) is 18.6 Å². The molecule has 0 saturated heterocycles. The maximum Gasteiger partial charge on any atom is 0.244 e. The summed E-state index contributed by atoms with van der Waals surface area (Å²) in [6, 6.07) is 9.23. The van der Waals surface area contributed by atoms with Gasteiger partial charge >= 0.3 is 0 Å². The van der Waals surface area contributed by atoms with E-state index in [0.717, 1.165) is 11.1 Å². The lowest BCUT2D eigenvalue weighted by atomic mass is 10.1. The third-order valence-corrected chi connectivity index (χ3v) is 4.36. The molecule has 0 saturated carbocycles. The molecule has 1 aromatic heterocycles. The number of sulfonamides is 1. The number of aryl methyl sites for hydroxylation is 1. The SMILES string of the molecule is Cc1cccc(/C=C\C(=O)NCCNS(=O)(=O)Cc2ccon2)c1. The Labute approximate surface area is 140 Å². The molecule has 0 radical (unpaired) electrons. The third kappa shape index (κ3) is 6.35. The van der Waals surface area contributed by atoms with Crippen molar-refractivity contribution in [2.45, 2.75) is 12.7 Å². The summed E-state index contributed by atoms with van der Waals surface area (Å²) in [4.78, 5) is 11.7. The summed E-state index contributed by atoms with van der Waals surface area (Å²) >= 11 is 0. The van der Waals surface area contributed by atoms with Crippen molar-refractivity contribution in [3.8, 4) is 0 Å². The molecule has 128 valence electrons. The average molecular weight is 349 g/mol. The quantitative estimate of drug-likeness (QED) is 0.551. The number of hydrogen-bond acceptors (Lipinski definition) is 5. The molecule has 0 fully saturated rings. The first kappa shape index (κ1) is 17.9. The van der Waals surface area contributed by atoms with Crippen molar-refractivity contribution in [2.24, 2.45) is 0 Å². The molecule has 0 aliphatic heterocycles. The van der Waals surface area contributed by atoms with Gasteiger partial charge in [0, 0.05) is 25.2 Å². The van der Waals surface area contributed by atoms with Crippen LogP contribution in [0, 0.1) is 6.92 Å². The molecule has 1 amide bonds. The molecule has 0 atom stereocenters. The minimum Gasteiger partial charge on any atom is -0.364 e. The summed E-state index contributed by atoms with van der Waals surface area (Å²) in [5.41, 5.74) is 2.37. The first-order valence-electron chi connectivity index (χ1n) is 7.34. The van der Waals surface area contributed by atoms with E-state index in [1.165, 1.54) is 18.4 Å². The molecule has 2 aromatic rings. The van der Waals surface area contributed by atoms with Gasteiger partial charge in [-0.1, -0.05) is 35.0 Å². The fraction of sp³-hybridized carbons (Fsp3) is 0.250. The van der Waals surface area contributed by atoms with E-state index in [0.29, 0.717) is 5.69 Å². The second-order valence-electron chi connectivity index (χ2n) is 5.18. The van der Waals surface area contributed by atoms with Crippen LogP contribution in [0.15, 0.2) is 47.2 Å². The van der Waals surface area contributed by atoms with Crippen molar-refractivity contribution in [1.82, 2.24) is 15.2 Å². The number of aromatic nitrogens is 1. The maximum absolute atomic E-state index is 11.8. The standard InChI is InChI=1S/C16H19N3O4S/c1-13-3-2-4-14(11-13)5-6-16(20)17-8-9-18-24(21,22)12-15-7-10-23-19-15/h2-7,10-11,18H,8-9,12H2,1H3,(H,17,20)/b6-5-. The summed E-state index contributed by atoms with van der Waals surface area (Å²) in [6.45, 7) is 2.27. The lowest BCUT2D eigenvalue weighted by molar-refractivity contribution is -0.116. The summed E-state index contributed by atoms with van der Waals surface area (Å²) in [6.07, 6.45) is 4.43.